The molecule has 1 fully saturated rings. The summed E-state index contributed by atoms with van der Waals surface area (Å²) in [5.41, 5.74) is 6.73. The fourth-order valence-corrected chi connectivity index (χ4v) is 4.77. The monoisotopic (exact) mass is 415 g/mol. The lowest BCUT2D eigenvalue weighted by atomic mass is 10.1. The number of primary amides is 1. The molecule has 0 radical (unpaired) electrons. The highest BCUT2D eigenvalue weighted by Crippen LogP contribution is 2.28. The first-order chi connectivity index (χ1) is 13.7. The maximum atomic E-state index is 12.9. The first-order valence-electron chi connectivity index (χ1n) is 9.44. The molecule has 8 heteroatoms. The van der Waals surface area contributed by atoms with E-state index in [-0.39, 0.29) is 28.9 Å². The van der Waals surface area contributed by atoms with Crippen LogP contribution in [0.4, 0.5) is 5.69 Å². The fraction of sp³-hybridized carbons (Fsp3) is 0.333. The van der Waals surface area contributed by atoms with Gasteiger partial charge in [0.2, 0.25) is 11.8 Å². The molecule has 0 spiro atoms. The van der Waals surface area contributed by atoms with E-state index in [9.17, 15) is 18.0 Å². The molecule has 3 unspecified atom stereocenters. The second kappa shape index (κ2) is 8.34. The van der Waals surface area contributed by atoms with Crippen molar-refractivity contribution in [3.05, 3.63) is 60.2 Å². The number of carbonyl (C=O) groups excluding carboxylic acids is 2. The summed E-state index contributed by atoms with van der Waals surface area (Å²) in [5.74, 6) is -1.58. The van der Waals surface area contributed by atoms with Gasteiger partial charge in [-0.3, -0.25) is 14.9 Å². The Labute approximate surface area is 170 Å². The standard InChI is InChI=1S/C21H25N3O4S/c1-14-12-19(21(26)24(14)17-6-4-3-5-7-17)23-15(2)16-8-10-18(11-9-16)29(27,28)13-20(22)25/h3-11,14-15,19,23H,12-13H2,1-2H3,(H2,22,25). The Balaban J connectivity index is 1.70. The van der Waals surface area contributed by atoms with Crippen LogP contribution in [0.25, 0.3) is 0 Å². The Morgan fingerprint density at radius 1 is 1.17 bits per heavy atom. The molecule has 154 valence electrons. The third-order valence-corrected chi connectivity index (χ3v) is 6.77. The molecule has 3 N–H and O–H groups in total. The molecule has 2 amide bonds. The SMILES string of the molecule is CC(NC1CC(C)N(c2ccccc2)C1=O)c1ccc(S(=O)(=O)CC(N)=O)cc1. The molecule has 1 saturated heterocycles. The largest absolute Gasteiger partial charge is 0.369 e. The van der Waals surface area contributed by atoms with Crippen molar-refractivity contribution in [3.8, 4) is 0 Å². The van der Waals surface area contributed by atoms with Gasteiger partial charge in [-0.05, 0) is 50.1 Å². The summed E-state index contributed by atoms with van der Waals surface area (Å²) in [4.78, 5) is 25.7. The van der Waals surface area contributed by atoms with E-state index in [0.29, 0.717) is 6.42 Å². The molecule has 0 aromatic heterocycles. The summed E-state index contributed by atoms with van der Waals surface area (Å²) in [7, 11) is -3.73. The fourth-order valence-electron chi connectivity index (χ4n) is 3.67. The second-order valence-corrected chi connectivity index (χ2v) is 9.35. The molecule has 1 heterocycles. The van der Waals surface area contributed by atoms with E-state index in [1.54, 1.807) is 12.1 Å². The number of nitrogens with one attached hydrogen (secondary N) is 1. The predicted molar refractivity (Wildman–Crippen MR) is 111 cm³/mol. The number of nitrogens with zero attached hydrogens (tertiary/aromatic N) is 1. The van der Waals surface area contributed by atoms with Crippen LogP contribution < -0.4 is 16.0 Å². The highest BCUT2D eigenvalue weighted by Gasteiger charge is 2.38. The number of hydrogen-bond donors (Lipinski definition) is 2. The molecule has 1 aliphatic heterocycles. The van der Waals surface area contributed by atoms with Gasteiger partial charge in [-0.15, -0.1) is 0 Å². The Bertz CT molecular complexity index is 990. The Morgan fingerprint density at radius 2 is 1.79 bits per heavy atom. The molecule has 3 rings (SSSR count). The van der Waals surface area contributed by atoms with Gasteiger partial charge < -0.3 is 10.6 Å². The number of benzene rings is 2. The minimum Gasteiger partial charge on any atom is -0.369 e. The van der Waals surface area contributed by atoms with Crippen LogP contribution in [0.3, 0.4) is 0 Å². The van der Waals surface area contributed by atoms with Gasteiger partial charge in [0.05, 0.1) is 10.9 Å². The minimum absolute atomic E-state index is 0.0243. The molecular formula is C21H25N3O4S. The maximum absolute atomic E-state index is 12.9. The van der Waals surface area contributed by atoms with Gasteiger partial charge >= 0.3 is 0 Å². The molecule has 1 aliphatic rings. The number of amides is 2. The Kier molecular flexibility index (Phi) is 6.04. The molecule has 0 bridgehead atoms. The number of anilines is 1. The summed E-state index contributed by atoms with van der Waals surface area (Å²) < 4.78 is 24.2. The molecule has 2 aromatic rings. The van der Waals surface area contributed by atoms with Crippen LogP contribution in [0.1, 0.15) is 31.9 Å². The van der Waals surface area contributed by atoms with Crippen molar-refractivity contribution in [2.75, 3.05) is 10.7 Å². The zero-order valence-corrected chi connectivity index (χ0v) is 17.2. The summed E-state index contributed by atoms with van der Waals surface area (Å²) in [6, 6.07) is 15.5. The van der Waals surface area contributed by atoms with E-state index >= 15 is 0 Å². The lowest BCUT2D eigenvalue weighted by molar-refractivity contribution is -0.119. The predicted octanol–water partition coefficient (Wildman–Crippen LogP) is 1.79. The normalized spacial score (nSPS) is 20.6. The lowest BCUT2D eigenvalue weighted by Gasteiger charge is -2.22. The number of nitrogens with two attached hydrogens (primary N) is 1. The zero-order valence-electron chi connectivity index (χ0n) is 16.4. The van der Waals surface area contributed by atoms with Gasteiger partial charge in [-0.1, -0.05) is 30.3 Å². The van der Waals surface area contributed by atoms with Crippen LogP contribution in [0.5, 0.6) is 0 Å². The smallest absolute Gasteiger partial charge is 0.244 e. The highest BCUT2D eigenvalue weighted by molar-refractivity contribution is 7.92. The molecule has 2 aromatic carbocycles. The Morgan fingerprint density at radius 3 is 2.38 bits per heavy atom. The van der Waals surface area contributed by atoms with E-state index in [1.807, 2.05) is 49.1 Å². The average Bonchev–Trinajstić information content (AvgIpc) is 2.94. The lowest BCUT2D eigenvalue weighted by Crippen LogP contribution is -2.40. The van der Waals surface area contributed by atoms with Gasteiger partial charge in [0.1, 0.15) is 5.75 Å². The average molecular weight is 416 g/mol. The number of para-hydroxylation sites is 1. The number of hydrogen-bond acceptors (Lipinski definition) is 5. The van der Waals surface area contributed by atoms with Crippen LogP contribution in [-0.2, 0) is 19.4 Å². The number of rotatable bonds is 7. The first kappa shape index (κ1) is 21.0. The van der Waals surface area contributed by atoms with Crippen LogP contribution >= 0.6 is 0 Å². The van der Waals surface area contributed by atoms with Gasteiger partial charge in [0, 0.05) is 17.8 Å². The molecule has 7 nitrogen and oxygen atoms in total. The molecule has 0 aliphatic carbocycles. The van der Waals surface area contributed by atoms with Crippen molar-refractivity contribution < 1.29 is 18.0 Å². The molecular weight excluding hydrogens is 390 g/mol. The van der Waals surface area contributed by atoms with Crippen molar-refractivity contribution in [1.82, 2.24) is 5.32 Å². The van der Waals surface area contributed by atoms with Crippen molar-refractivity contribution >= 4 is 27.3 Å². The molecule has 3 atom stereocenters. The van der Waals surface area contributed by atoms with Crippen LogP contribution in [0, 0.1) is 0 Å². The second-order valence-electron chi connectivity index (χ2n) is 7.36. The molecule has 0 saturated carbocycles. The van der Waals surface area contributed by atoms with E-state index < -0.39 is 21.5 Å². The van der Waals surface area contributed by atoms with Gasteiger partial charge in [0.15, 0.2) is 9.84 Å². The van der Waals surface area contributed by atoms with Crippen LogP contribution in [0.15, 0.2) is 59.5 Å². The summed E-state index contributed by atoms with van der Waals surface area (Å²) in [6.07, 6.45) is 0.684. The number of sulfone groups is 1. The maximum Gasteiger partial charge on any atom is 0.244 e. The molecule has 29 heavy (non-hydrogen) atoms. The van der Waals surface area contributed by atoms with Crippen LogP contribution in [-0.4, -0.2) is 38.1 Å². The van der Waals surface area contributed by atoms with Gasteiger partial charge in [0.25, 0.3) is 0 Å². The summed E-state index contributed by atoms with van der Waals surface area (Å²) in [6.45, 7) is 3.95. The third-order valence-electron chi connectivity index (χ3n) is 5.11. The van der Waals surface area contributed by atoms with Crippen molar-refractivity contribution in [3.63, 3.8) is 0 Å². The van der Waals surface area contributed by atoms with Gasteiger partial charge in [-0.2, -0.15) is 0 Å². The topological polar surface area (TPSA) is 110 Å². The van der Waals surface area contributed by atoms with E-state index in [2.05, 4.69) is 5.32 Å². The minimum atomic E-state index is -3.73. The third kappa shape index (κ3) is 4.65. The first-order valence-corrected chi connectivity index (χ1v) is 11.1. The van der Waals surface area contributed by atoms with E-state index in [0.717, 1.165) is 11.3 Å². The van der Waals surface area contributed by atoms with Gasteiger partial charge in [-0.25, -0.2) is 8.42 Å². The van der Waals surface area contributed by atoms with E-state index in [4.69, 9.17) is 5.73 Å². The Hall–Kier alpha value is -2.71. The highest BCUT2D eigenvalue weighted by atomic mass is 32.2. The quantitative estimate of drug-likeness (QED) is 0.716. The van der Waals surface area contributed by atoms with Crippen LogP contribution in [0.2, 0.25) is 0 Å². The van der Waals surface area contributed by atoms with Crippen molar-refractivity contribution in [2.24, 2.45) is 5.73 Å². The number of carbonyl (C=O) groups is 2. The van der Waals surface area contributed by atoms with Crippen molar-refractivity contribution in [1.29, 1.82) is 0 Å². The zero-order chi connectivity index (χ0) is 21.2. The summed E-state index contributed by atoms with van der Waals surface area (Å²) in [5, 5.41) is 3.35. The van der Waals surface area contributed by atoms with E-state index in [1.165, 1.54) is 12.1 Å². The summed E-state index contributed by atoms with van der Waals surface area (Å²) >= 11 is 0. The van der Waals surface area contributed by atoms with Crippen molar-refractivity contribution in [2.45, 2.75) is 43.3 Å².